The van der Waals surface area contributed by atoms with Gasteiger partial charge < -0.3 is 4.42 Å². The van der Waals surface area contributed by atoms with E-state index in [0.29, 0.717) is 6.07 Å². The molecule has 2 rings (SSSR count). The first-order valence-corrected chi connectivity index (χ1v) is 4.81. The van der Waals surface area contributed by atoms with Crippen LogP contribution in [-0.2, 0) is 12.4 Å². The van der Waals surface area contributed by atoms with Crippen molar-refractivity contribution in [2.75, 3.05) is 0 Å². The predicted molar refractivity (Wildman–Crippen MR) is 50.8 cm³/mol. The van der Waals surface area contributed by atoms with Crippen LogP contribution in [0.2, 0.25) is 0 Å². The molecule has 8 heteroatoms. The molecule has 2 nitrogen and oxygen atoms in total. The summed E-state index contributed by atoms with van der Waals surface area (Å²) in [5, 5.41) is 0. The minimum absolute atomic E-state index is 0.367. The van der Waals surface area contributed by atoms with Crippen molar-refractivity contribution in [1.29, 1.82) is 0 Å². The van der Waals surface area contributed by atoms with Gasteiger partial charge in [-0.05, 0) is 6.07 Å². The van der Waals surface area contributed by atoms with Crippen LogP contribution in [0.4, 0.5) is 26.3 Å². The first-order valence-electron chi connectivity index (χ1n) is 4.81. The van der Waals surface area contributed by atoms with Crippen LogP contribution in [0.5, 0.6) is 0 Å². The molecule has 0 atom stereocenters. The Labute approximate surface area is 102 Å². The summed E-state index contributed by atoms with van der Waals surface area (Å²) in [6, 6.07) is 2.12. The van der Waals surface area contributed by atoms with Crippen LogP contribution in [-0.4, -0.2) is 4.98 Å². The molecule has 0 aliphatic carbocycles. The number of halogens is 6. The van der Waals surface area contributed by atoms with Crippen LogP contribution in [0.3, 0.4) is 0 Å². The van der Waals surface area contributed by atoms with E-state index in [1.54, 1.807) is 0 Å². The Kier molecular flexibility index (Phi) is 3.03. The van der Waals surface area contributed by atoms with E-state index >= 15 is 0 Å². The molecule has 0 unspecified atom stereocenters. The normalized spacial score (nSPS) is 12.7. The fraction of sp³-hybridized carbons (Fsp3) is 0.182. The van der Waals surface area contributed by atoms with Crippen molar-refractivity contribution in [1.82, 2.24) is 4.98 Å². The van der Waals surface area contributed by atoms with Gasteiger partial charge >= 0.3 is 12.4 Å². The minimum Gasteiger partial charge on any atom is -0.432 e. The van der Waals surface area contributed by atoms with E-state index in [4.69, 9.17) is 0 Å². The number of alkyl halides is 6. The van der Waals surface area contributed by atoms with Crippen LogP contribution >= 0.6 is 0 Å². The molecule has 19 heavy (non-hydrogen) atoms. The fourth-order valence-electron chi connectivity index (χ4n) is 1.61. The number of nitrogens with zero attached hydrogens (tertiary/aromatic N) is 1. The molecule has 0 amide bonds. The molecule has 1 radical (unpaired) electrons. The second-order valence-electron chi connectivity index (χ2n) is 3.54. The van der Waals surface area contributed by atoms with Gasteiger partial charge in [0.25, 0.3) is 6.39 Å². The van der Waals surface area contributed by atoms with Crippen LogP contribution in [0.15, 0.2) is 28.8 Å². The van der Waals surface area contributed by atoms with Crippen molar-refractivity contribution in [2.24, 2.45) is 0 Å². The maximum absolute atomic E-state index is 12.9. The largest absolute Gasteiger partial charge is 0.432 e. The molecule has 1 aromatic carbocycles. The topological polar surface area (TPSA) is 26.0 Å². The zero-order valence-corrected chi connectivity index (χ0v) is 8.93. The van der Waals surface area contributed by atoms with Crippen molar-refractivity contribution in [3.05, 3.63) is 41.9 Å². The molecule has 0 aliphatic heterocycles. The second-order valence-corrected chi connectivity index (χ2v) is 3.54. The molecule has 0 spiro atoms. The van der Waals surface area contributed by atoms with Crippen LogP contribution in [0.1, 0.15) is 11.1 Å². The number of rotatable bonds is 1. The van der Waals surface area contributed by atoms with Gasteiger partial charge in [-0.3, -0.25) is 0 Å². The maximum Gasteiger partial charge on any atom is 0.417 e. The van der Waals surface area contributed by atoms with Gasteiger partial charge in [0.1, 0.15) is 0 Å². The highest BCUT2D eigenvalue weighted by atomic mass is 19.4. The Morgan fingerprint density at radius 3 is 2.16 bits per heavy atom. The third-order valence-electron chi connectivity index (χ3n) is 2.31. The van der Waals surface area contributed by atoms with Crippen molar-refractivity contribution >= 4 is 0 Å². The zero-order valence-electron chi connectivity index (χ0n) is 8.93. The van der Waals surface area contributed by atoms with E-state index in [1.807, 2.05) is 6.39 Å². The lowest BCUT2D eigenvalue weighted by Gasteiger charge is -2.17. The number of benzene rings is 1. The molecule has 0 saturated heterocycles. The molecule has 2 aromatic rings. The summed E-state index contributed by atoms with van der Waals surface area (Å²) in [7, 11) is 0. The molecular formula is C11H4F6NO. The van der Waals surface area contributed by atoms with Gasteiger partial charge in [0.2, 0.25) is 0 Å². The van der Waals surface area contributed by atoms with Crippen LogP contribution in [0, 0.1) is 6.39 Å². The molecule has 0 fully saturated rings. The predicted octanol–water partition coefficient (Wildman–Crippen LogP) is 4.18. The summed E-state index contributed by atoms with van der Waals surface area (Å²) in [5.74, 6) is -0.432. The van der Waals surface area contributed by atoms with Crippen molar-refractivity contribution in [3.8, 4) is 11.3 Å². The van der Waals surface area contributed by atoms with Gasteiger partial charge in [-0.25, -0.2) is 4.98 Å². The summed E-state index contributed by atoms with van der Waals surface area (Å²) >= 11 is 0. The number of hydrogen-bond donors (Lipinski definition) is 0. The van der Waals surface area contributed by atoms with Crippen molar-refractivity contribution in [2.45, 2.75) is 12.4 Å². The summed E-state index contributed by atoms with van der Waals surface area (Å²) < 4.78 is 81.0. The first kappa shape index (κ1) is 13.4. The Morgan fingerprint density at radius 1 is 1.00 bits per heavy atom. The Bertz CT molecular complexity index is 570. The zero-order chi connectivity index (χ0) is 14.3. The van der Waals surface area contributed by atoms with Gasteiger partial charge in [0, 0.05) is 5.56 Å². The molecule has 0 saturated carbocycles. The number of aromatic nitrogens is 1. The molecule has 0 aliphatic rings. The smallest absolute Gasteiger partial charge is 0.417 e. The third-order valence-corrected chi connectivity index (χ3v) is 2.31. The summed E-state index contributed by atoms with van der Waals surface area (Å²) in [6.07, 6.45) is -7.54. The van der Waals surface area contributed by atoms with Crippen molar-refractivity contribution < 1.29 is 30.8 Å². The van der Waals surface area contributed by atoms with E-state index in [2.05, 4.69) is 9.40 Å². The highest BCUT2D eigenvalue weighted by Crippen LogP contribution is 2.44. The monoisotopic (exact) mass is 280 g/mol. The lowest BCUT2D eigenvalue weighted by atomic mass is 9.98. The Hall–Kier alpha value is -1.99. The lowest BCUT2D eigenvalue weighted by Crippen LogP contribution is -2.17. The van der Waals surface area contributed by atoms with Gasteiger partial charge in [-0.2, -0.15) is 26.3 Å². The van der Waals surface area contributed by atoms with E-state index in [-0.39, 0.29) is 0 Å². The second kappa shape index (κ2) is 4.29. The standard InChI is InChI=1S/C11H4F6NO/c12-10(13,14)7-3-1-2-6(8-4-18-5-19-8)9(7)11(15,16)17/h1-4H. The number of oxazole rings is 1. The third kappa shape index (κ3) is 2.56. The first-order chi connectivity index (χ1) is 8.71. The van der Waals surface area contributed by atoms with Gasteiger partial charge in [-0.15, -0.1) is 0 Å². The van der Waals surface area contributed by atoms with Gasteiger partial charge in [0.05, 0.1) is 17.3 Å². The highest BCUT2D eigenvalue weighted by Gasteiger charge is 2.45. The molecule has 0 N–H and O–H groups in total. The average Bonchev–Trinajstić information content (AvgIpc) is 2.79. The van der Waals surface area contributed by atoms with E-state index in [0.717, 1.165) is 18.3 Å². The quantitative estimate of drug-likeness (QED) is 0.732. The van der Waals surface area contributed by atoms with Gasteiger partial charge in [0.15, 0.2) is 5.76 Å². The van der Waals surface area contributed by atoms with Crippen LogP contribution < -0.4 is 0 Å². The summed E-state index contributed by atoms with van der Waals surface area (Å²) in [4.78, 5) is 3.27. The molecule has 1 heterocycles. The Morgan fingerprint density at radius 2 is 1.68 bits per heavy atom. The molecule has 101 valence electrons. The SMILES string of the molecule is FC(F)(F)c1cccc(-c2cn[c]o2)c1C(F)(F)F. The van der Waals surface area contributed by atoms with E-state index < -0.39 is 34.8 Å². The Balaban J connectivity index is 2.76. The number of hydrogen-bond acceptors (Lipinski definition) is 2. The molecule has 0 bridgehead atoms. The fourth-order valence-corrected chi connectivity index (χ4v) is 1.61. The minimum atomic E-state index is -5.17. The van der Waals surface area contributed by atoms with E-state index in [9.17, 15) is 26.3 Å². The average molecular weight is 280 g/mol. The van der Waals surface area contributed by atoms with Crippen molar-refractivity contribution in [3.63, 3.8) is 0 Å². The van der Waals surface area contributed by atoms with Crippen LogP contribution in [0.25, 0.3) is 11.3 Å². The van der Waals surface area contributed by atoms with Gasteiger partial charge in [-0.1, -0.05) is 12.1 Å². The maximum atomic E-state index is 12.9. The molecular weight excluding hydrogens is 276 g/mol. The van der Waals surface area contributed by atoms with E-state index in [1.165, 1.54) is 0 Å². The summed E-state index contributed by atoms with van der Waals surface area (Å²) in [6.45, 7) is 0. The lowest BCUT2D eigenvalue weighted by molar-refractivity contribution is -0.161. The molecule has 1 aromatic heterocycles. The summed E-state index contributed by atoms with van der Waals surface area (Å²) in [5.41, 5.74) is -4.29. The highest BCUT2D eigenvalue weighted by molar-refractivity contribution is 5.64.